The van der Waals surface area contributed by atoms with E-state index in [1.54, 1.807) is 23.3 Å². The molecule has 23 heavy (non-hydrogen) atoms. The first-order valence-electron chi connectivity index (χ1n) is 7.87. The Hall–Kier alpha value is -2.15. The van der Waals surface area contributed by atoms with Gasteiger partial charge < -0.3 is 15.2 Å². The van der Waals surface area contributed by atoms with Crippen LogP contribution in [0.15, 0.2) is 18.7 Å². The van der Waals surface area contributed by atoms with E-state index >= 15 is 0 Å². The fraction of sp³-hybridized carbons (Fsp3) is 0.438. The van der Waals surface area contributed by atoms with Gasteiger partial charge in [-0.3, -0.25) is 9.59 Å². The number of imidazole rings is 1. The van der Waals surface area contributed by atoms with Gasteiger partial charge >= 0.3 is 0 Å². The predicted molar refractivity (Wildman–Crippen MR) is 89.8 cm³/mol. The van der Waals surface area contributed by atoms with Gasteiger partial charge in [-0.1, -0.05) is 0 Å². The second-order valence-corrected chi connectivity index (χ2v) is 6.66. The molecule has 0 saturated carbocycles. The third-order valence-corrected chi connectivity index (χ3v) is 5.08. The number of carbonyl (C=O) groups is 2. The first-order chi connectivity index (χ1) is 11.2. The van der Waals surface area contributed by atoms with Crippen LogP contribution in [0.2, 0.25) is 0 Å². The normalized spacial score (nSPS) is 13.4. The number of carbonyl (C=O) groups excluding carboxylic acids is 2. The third kappa shape index (κ3) is 3.44. The highest BCUT2D eigenvalue weighted by Gasteiger charge is 2.25. The van der Waals surface area contributed by atoms with E-state index in [4.69, 9.17) is 0 Å². The Balaban J connectivity index is 1.84. The summed E-state index contributed by atoms with van der Waals surface area (Å²) in [4.78, 5) is 29.8. The molecule has 0 unspecified atom stereocenters. The standard InChI is InChI=1S/C16H20N4O2S/c1-2-18-15(22)14-11-5-3-4-6-12(11)23-16(14)19-13(21)9-20-8-7-17-10-20/h7-8,10H,2-6,9H2,1H3,(H,18,22)(H,19,21). The predicted octanol–water partition coefficient (Wildman–Crippen LogP) is 2.21. The SMILES string of the molecule is CCNC(=O)c1c(NC(=O)Cn2ccnc2)sc2c1CCCC2. The van der Waals surface area contributed by atoms with Crippen LogP contribution >= 0.6 is 11.3 Å². The number of fused-ring (bicyclic) bond motifs is 1. The van der Waals surface area contributed by atoms with Crippen molar-refractivity contribution in [1.82, 2.24) is 14.9 Å². The lowest BCUT2D eigenvalue weighted by molar-refractivity contribution is -0.116. The maximum atomic E-state index is 12.4. The molecule has 2 heterocycles. The molecule has 1 aliphatic carbocycles. The Kier molecular flexibility index (Phi) is 4.76. The van der Waals surface area contributed by atoms with Crippen molar-refractivity contribution < 1.29 is 9.59 Å². The van der Waals surface area contributed by atoms with Gasteiger partial charge in [-0.05, 0) is 38.2 Å². The quantitative estimate of drug-likeness (QED) is 0.881. The topological polar surface area (TPSA) is 76.0 Å². The zero-order chi connectivity index (χ0) is 16.2. The number of rotatable bonds is 5. The first kappa shape index (κ1) is 15.7. The second kappa shape index (κ2) is 6.95. The highest BCUT2D eigenvalue weighted by molar-refractivity contribution is 7.17. The summed E-state index contributed by atoms with van der Waals surface area (Å²) >= 11 is 1.54. The molecule has 0 aromatic carbocycles. The van der Waals surface area contributed by atoms with Crippen molar-refractivity contribution in [1.29, 1.82) is 0 Å². The molecule has 0 bridgehead atoms. The average molecular weight is 332 g/mol. The molecule has 0 atom stereocenters. The molecule has 7 heteroatoms. The molecule has 122 valence electrons. The fourth-order valence-electron chi connectivity index (χ4n) is 2.86. The van der Waals surface area contributed by atoms with Crippen LogP contribution in [-0.2, 0) is 24.2 Å². The summed E-state index contributed by atoms with van der Waals surface area (Å²) in [6, 6.07) is 0. The van der Waals surface area contributed by atoms with E-state index in [1.807, 2.05) is 6.92 Å². The van der Waals surface area contributed by atoms with E-state index in [9.17, 15) is 9.59 Å². The molecule has 2 amide bonds. The minimum Gasteiger partial charge on any atom is -0.352 e. The van der Waals surface area contributed by atoms with Gasteiger partial charge in [0.15, 0.2) is 0 Å². The molecule has 2 aromatic heterocycles. The maximum Gasteiger partial charge on any atom is 0.254 e. The van der Waals surface area contributed by atoms with Crippen LogP contribution in [0.3, 0.4) is 0 Å². The number of aryl methyl sites for hydroxylation is 1. The molecule has 6 nitrogen and oxygen atoms in total. The number of amides is 2. The Morgan fingerprint density at radius 2 is 2.17 bits per heavy atom. The molecule has 0 radical (unpaired) electrons. The molecule has 3 rings (SSSR count). The van der Waals surface area contributed by atoms with E-state index in [0.717, 1.165) is 31.2 Å². The van der Waals surface area contributed by atoms with Gasteiger partial charge in [0.2, 0.25) is 5.91 Å². The molecule has 0 saturated heterocycles. The van der Waals surface area contributed by atoms with Crippen molar-refractivity contribution in [2.45, 2.75) is 39.2 Å². The lowest BCUT2D eigenvalue weighted by Gasteiger charge is -2.12. The minimum absolute atomic E-state index is 0.0927. The lowest BCUT2D eigenvalue weighted by atomic mass is 9.95. The van der Waals surface area contributed by atoms with Crippen LogP contribution in [0, 0.1) is 0 Å². The molecule has 0 aliphatic heterocycles. The molecule has 1 aliphatic rings. The van der Waals surface area contributed by atoms with Gasteiger partial charge in [-0.15, -0.1) is 11.3 Å². The zero-order valence-corrected chi connectivity index (χ0v) is 13.9. The molecule has 2 N–H and O–H groups in total. The first-order valence-corrected chi connectivity index (χ1v) is 8.69. The fourth-order valence-corrected chi connectivity index (χ4v) is 4.16. The number of hydrogen-bond donors (Lipinski definition) is 2. The second-order valence-electron chi connectivity index (χ2n) is 5.56. The van der Waals surface area contributed by atoms with E-state index < -0.39 is 0 Å². The Morgan fingerprint density at radius 3 is 2.91 bits per heavy atom. The van der Waals surface area contributed by atoms with Gasteiger partial charge in [0, 0.05) is 23.8 Å². The lowest BCUT2D eigenvalue weighted by Crippen LogP contribution is -2.26. The number of anilines is 1. The van der Waals surface area contributed by atoms with Crippen molar-refractivity contribution in [3.05, 3.63) is 34.7 Å². The maximum absolute atomic E-state index is 12.4. The van der Waals surface area contributed by atoms with Gasteiger partial charge in [0.25, 0.3) is 5.91 Å². The Morgan fingerprint density at radius 1 is 1.35 bits per heavy atom. The summed E-state index contributed by atoms with van der Waals surface area (Å²) in [7, 11) is 0. The summed E-state index contributed by atoms with van der Waals surface area (Å²) < 4.78 is 1.70. The molecule has 0 fully saturated rings. The molecular weight excluding hydrogens is 312 g/mol. The van der Waals surface area contributed by atoms with E-state index in [1.165, 1.54) is 16.2 Å². The van der Waals surface area contributed by atoms with Crippen molar-refractivity contribution in [3.8, 4) is 0 Å². The van der Waals surface area contributed by atoms with Crippen LogP contribution < -0.4 is 10.6 Å². The van der Waals surface area contributed by atoms with Gasteiger partial charge in [-0.25, -0.2) is 4.98 Å². The van der Waals surface area contributed by atoms with E-state index in [2.05, 4.69) is 15.6 Å². The van der Waals surface area contributed by atoms with Crippen LogP contribution in [-0.4, -0.2) is 27.9 Å². The van der Waals surface area contributed by atoms with Crippen LogP contribution in [0.4, 0.5) is 5.00 Å². The van der Waals surface area contributed by atoms with Crippen molar-refractivity contribution in [3.63, 3.8) is 0 Å². The minimum atomic E-state index is -0.146. The average Bonchev–Trinajstić information content (AvgIpc) is 3.14. The Labute approximate surface area is 138 Å². The summed E-state index contributed by atoms with van der Waals surface area (Å²) in [6.45, 7) is 2.66. The summed E-state index contributed by atoms with van der Waals surface area (Å²) in [5.74, 6) is -0.239. The number of nitrogens with zero attached hydrogens (tertiary/aromatic N) is 2. The largest absolute Gasteiger partial charge is 0.352 e. The van der Waals surface area contributed by atoms with Crippen molar-refractivity contribution in [2.24, 2.45) is 0 Å². The summed E-state index contributed by atoms with van der Waals surface area (Å²) in [5.41, 5.74) is 1.77. The number of aromatic nitrogens is 2. The Bertz CT molecular complexity index is 706. The monoisotopic (exact) mass is 332 g/mol. The molecular formula is C16H20N4O2S. The summed E-state index contributed by atoms with van der Waals surface area (Å²) in [6.07, 6.45) is 9.12. The number of thiophene rings is 1. The van der Waals surface area contributed by atoms with Crippen LogP contribution in [0.25, 0.3) is 0 Å². The number of nitrogens with one attached hydrogen (secondary N) is 2. The highest BCUT2D eigenvalue weighted by atomic mass is 32.1. The van der Waals surface area contributed by atoms with E-state index in [0.29, 0.717) is 17.1 Å². The third-order valence-electron chi connectivity index (χ3n) is 3.87. The smallest absolute Gasteiger partial charge is 0.254 e. The summed E-state index contributed by atoms with van der Waals surface area (Å²) in [5, 5.41) is 6.45. The van der Waals surface area contributed by atoms with Crippen LogP contribution in [0.1, 0.15) is 40.6 Å². The zero-order valence-electron chi connectivity index (χ0n) is 13.1. The molecule has 2 aromatic rings. The van der Waals surface area contributed by atoms with Gasteiger partial charge in [0.05, 0.1) is 11.9 Å². The van der Waals surface area contributed by atoms with Gasteiger partial charge in [0.1, 0.15) is 11.5 Å². The van der Waals surface area contributed by atoms with Crippen molar-refractivity contribution >= 4 is 28.2 Å². The van der Waals surface area contributed by atoms with Gasteiger partial charge in [-0.2, -0.15) is 0 Å². The number of hydrogen-bond acceptors (Lipinski definition) is 4. The van der Waals surface area contributed by atoms with E-state index in [-0.39, 0.29) is 18.4 Å². The van der Waals surface area contributed by atoms with Crippen molar-refractivity contribution in [2.75, 3.05) is 11.9 Å². The van der Waals surface area contributed by atoms with Crippen LogP contribution in [0.5, 0.6) is 0 Å². The highest BCUT2D eigenvalue weighted by Crippen LogP contribution is 2.38. The molecule has 0 spiro atoms.